The first-order valence-electron chi connectivity index (χ1n) is 10.1. The van der Waals surface area contributed by atoms with Gasteiger partial charge in [0.25, 0.3) is 0 Å². The molecular formula is C23H28O4. The van der Waals surface area contributed by atoms with E-state index in [1.165, 1.54) is 18.1 Å². The van der Waals surface area contributed by atoms with Gasteiger partial charge in [-0.05, 0) is 50.0 Å². The molecule has 0 radical (unpaired) electrons. The Bertz CT molecular complexity index is 814. The lowest BCUT2D eigenvalue weighted by Crippen LogP contribution is -2.44. The molecule has 4 rings (SSSR count). The van der Waals surface area contributed by atoms with E-state index < -0.39 is 5.97 Å². The predicted octanol–water partition coefficient (Wildman–Crippen LogP) is 4.11. The number of fused-ring (bicyclic) bond motifs is 5. The second-order valence-electron chi connectivity index (χ2n) is 9.06. The molecule has 4 atom stereocenters. The van der Waals surface area contributed by atoms with Gasteiger partial charge in [-0.15, -0.1) is 0 Å². The SMILES string of the molecule is CC(=O)OCC(=O)C1=CC[C@H]2[C@@H]3CCC4=CC(=O)CC[C@]4(C)C3=CC[C@]12C. The highest BCUT2D eigenvalue weighted by molar-refractivity contribution is 5.99. The van der Waals surface area contributed by atoms with Crippen molar-refractivity contribution >= 4 is 17.5 Å². The summed E-state index contributed by atoms with van der Waals surface area (Å²) in [7, 11) is 0. The number of ether oxygens (including phenoxy) is 1. The van der Waals surface area contributed by atoms with Crippen molar-refractivity contribution in [3.63, 3.8) is 0 Å². The fourth-order valence-electron chi connectivity index (χ4n) is 6.11. The molecule has 27 heavy (non-hydrogen) atoms. The van der Waals surface area contributed by atoms with Crippen molar-refractivity contribution in [1.29, 1.82) is 0 Å². The van der Waals surface area contributed by atoms with Crippen LogP contribution in [0.25, 0.3) is 0 Å². The van der Waals surface area contributed by atoms with Crippen molar-refractivity contribution in [3.05, 3.63) is 34.9 Å². The fraction of sp³-hybridized carbons (Fsp3) is 0.609. The highest BCUT2D eigenvalue weighted by Crippen LogP contribution is 2.63. The van der Waals surface area contributed by atoms with Gasteiger partial charge < -0.3 is 4.74 Å². The molecule has 0 amide bonds. The summed E-state index contributed by atoms with van der Waals surface area (Å²) in [4.78, 5) is 35.7. The summed E-state index contributed by atoms with van der Waals surface area (Å²) in [5.41, 5.74) is 3.49. The van der Waals surface area contributed by atoms with E-state index in [1.54, 1.807) is 0 Å². The average molecular weight is 368 g/mol. The van der Waals surface area contributed by atoms with Crippen LogP contribution < -0.4 is 0 Å². The van der Waals surface area contributed by atoms with Crippen LogP contribution in [-0.2, 0) is 19.1 Å². The Balaban J connectivity index is 1.62. The Morgan fingerprint density at radius 3 is 2.74 bits per heavy atom. The molecule has 0 unspecified atom stereocenters. The third kappa shape index (κ3) is 2.76. The number of esters is 1. The minimum Gasteiger partial charge on any atom is -0.457 e. The van der Waals surface area contributed by atoms with Crippen LogP contribution in [0.2, 0.25) is 0 Å². The average Bonchev–Trinajstić information content (AvgIpc) is 2.97. The molecule has 0 aromatic heterocycles. The maximum absolute atomic E-state index is 12.7. The molecule has 1 fully saturated rings. The number of carbonyl (C=O) groups excluding carboxylic acids is 3. The molecule has 144 valence electrons. The van der Waals surface area contributed by atoms with E-state index in [9.17, 15) is 14.4 Å². The zero-order valence-electron chi connectivity index (χ0n) is 16.5. The first kappa shape index (κ1) is 18.4. The zero-order valence-corrected chi connectivity index (χ0v) is 16.5. The maximum Gasteiger partial charge on any atom is 0.303 e. The third-order valence-electron chi connectivity index (χ3n) is 7.62. The van der Waals surface area contributed by atoms with Crippen LogP contribution in [0.1, 0.15) is 59.3 Å². The number of ketones is 2. The number of hydrogen-bond acceptors (Lipinski definition) is 4. The van der Waals surface area contributed by atoms with Gasteiger partial charge in [0.2, 0.25) is 0 Å². The Morgan fingerprint density at radius 2 is 2.00 bits per heavy atom. The Morgan fingerprint density at radius 1 is 1.22 bits per heavy atom. The van der Waals surface area contributed by atoms with E-state index in [0.717, 1.165) is 37.7 Å². The summed E-state index contributed by atoms with van der Waals surface area (Å²) in [5, 5.41) is 0. The van der Waals surface area contributed by atoms with E-state index in [1.807, 2.05) is 6.08 Å². The molecule has 4 aliphatic rings. The van der Waals surface area contributed by atoms with Crippen molar-refractivity contribution in [2.45, 2.75) is 59.3 Å². The first-order valence-corrected chi connectivity index (χ1v) is 10.1. The number of hydrogen-bond donors (Lipinski definition) is 0. The highest BCUT2D eigenvalue weighted by Gasteiger charge is 2.54. The Labute approximate surface area is 160 Å². The van der Waals surface area contributed by atoms with Crippen LogP contribution in [-0.4, -0.2) is 24.1 Å². The minimum atomic E-state index is -0.416. The lowest BCUT2D eigenvalue weighted by molar-refractivity contribution is -0.145. The monoisotopic (exact) mass is 368 g/mol. The molecule has 1 saturated carbocycles. The second-order valence-corrected chi connectivity index (χ2v) is 9.06. The molecule has 0 aromatic carbocycles. The molecule has 0 spiro atoms. The maximum atomic E-state index is 12.7. The summed E-state index contributed by atoms with van der Waals surface area (Å²) in [6.45, 7) is 5.69. The predicted molar refractivity (Wildman–Crippen MR) is 102 cm³/mol. The number of rotatable bonds is 3. The number of Topliss-reactive ketones (excluding diaryl/α,β-unsaturated/α-hetero) is 1. The van der Waals surface area contributed by atoms with Crippen molar-refractivity contribution < 1.29 is 19.1 Å². The lowest BCUT2D eigenvalue weighted by Gasteiger charge is -2.53. The van der Waals surface area contributed by atoms with E-state index in [2.05, 4.69) is 26.0 Å². The van der Waals surface area contributed by atoms with Gasteiger partial charge in [-0.25, -0.2) is 0 Å². The molecule has 4 aliphatic carbocycles. The van der Waals surface area contributed by atoms with Gasteiger partial charge in [0.15, 0.2) is 18.2 Å². The quantitative estimate of drug-likeness (QED) is 0.556. The van der Waals surface area contributed by atoms with Gasteiger partial charge in [0, 0.05) is 29.7 Å². The van der Waals surface area contributed by atoms with Crippen LogP contribution in [0.15, 0.2) is 34.9 Å². The normalized spacial score (nSPS) is 37.3. The summed E-state index contributed by atoms with van der Waals surface area (Å²) in [5.74, 6) is 0.681. The van der Waals surface area contributed by atoms with Gasteiger partial charge in [-0.1, -0.05) is 37.1 Å². The fourth-order valence-corrected chi connectivity index (χ4v) is 6.11. The van der Waals surface area contributed by atoms with Gasteiger partial charge in [0.1, 0.15) is 0 Å². The van der Waals surface area contributed by atoms with E-state index in [0.29, 0.717) is 18.3 Å². The summed E-state index contributed by atoms with van der Waals surface area (Å²) < 4.78 is 4.96. The smallest absolute Gasteiger partial charge is 0.303 e. The van der Waals surface area contributed by atoms with Crippen molar-refractivity contribution in [3.8, 4) is 0 Å². The van der Waals surface area contributed by atoms with Gasteiger partial charge >= 0.3 is 5.97 Å². The Kier molecular flexibility index (Phi) is 4.28. The largest absolute Gasteiger partial charge is 0.457 e. The zero-order chi connectivity index (χ0) is 19.4. The standard InChI is InChI=1S/C23H28O4/c1-14(24)27-13-21(26)20-7-6-18-17-5-4-15-12-16(25)8-10-22(15,2)19(17)9-11-23(18,20)3/h7,9,12,17-18H,4-6,8,10-11,13H2,1-3H3/t17-,18-,22-,23-/m0/s1. The third-order valence-corrected chi connectivity index (χ3v) is 7.62. The van der Waals surface area contributed by atoms with Gasteiger partial charge in [-0.3, -0.25) is 14.4 Å². The molecule has 0 N–H and O–H groups in total. The topological polar surface area (TPSA) is 60.4 Å². The highest BCUT2D eigenvalue weighted by atomic mass is 16.5. The van der Waals surface area contributed by atoms with Crippen molar-refractivity contribution in [2.75, 3.05) is 6.61 Å². The summed E-state index contributed by atoms with van der Waals surface area (Å²) in [6.07, 6.45) is 11.7. The summed E-state index contributed by atoms with van der Waals surface area (Å²) >= 11 is 0. The Hall–Kier alpha value is -1.97. The molecule has 0 aromatic rings. The van der Waals surface area contributed by atoms with Crippen LogP contribution in [0.3, 0.4) is 0 Å². The van der Waals surface area contributed by atoms with Gasteiger partial charge in [0.05, 0.1) is 0 Å². The second kappa shape index (κ2) is 6.29. The molecule has 4 heteroatoms. The van der Waals surface area contributed by atoms with E-state index in [-0.39, 0.29) is 29.0 Å². The molecular weight excluding hydrogens is 340 g/mol. The van der Waals surface area contributed by atoms with E-state index in [4.69, 9.17) is 4.74 Å². The molecule has 0 saturated heterocycles. The molecule has 4 nitrogen and oxygen atoms in total. The summed E-state index contributed by atoms with van der Waals surface area (Å²) in [6, 6.07) is 0. The number of allylic oxidation sites excluding steroid dienone is 5. The van der Waals surface area contributed by atoms with Gasteiger partial charge in [-0.2, -0.15) is 0 Å². The first-order chi connectivity index (χ1) is 12.8. The minimum absolute atomic E-state index is 0.0165. The number of carbonyl (C=O) groups is 3. The lowest BCUT2D eigenvalue weighted by atomic mass is 9.51. The van der Waals surface area contributed by atoms with Crippen LogP contribution in [0.4, 0.5) is 0 Å². The molecule has 0 bridgehead atoms. The molecule has 0 heterocycles. The van der Waals surface area contributed by atoms with Crippen molar-refractivity contribution in [2.24, 2.45) is 22.7 Å². The van der Waals surface area contributed by atoms with Crippen LogP contribution >= 0.6 is 0 Å². The molecule has 0 aliphatic heterocycles. The van der Waals surface area contributed by atoms with E-state index >= 15 is 0 Å². The van der Waals surface area contributed by atoms with Crippen LogP contribution in [0, 0.1) is 22.7 Å². The van der Waals surface area contributed by atoms with Crippen molar-refractivity contribution in [1.82, 2.24) is 0 Å². The van der Waals surface area contributed by atoms with Crippen LogP contribution in [0.5, 0.6) is 0 Å².